The van der Waals surface area contributed by atoms with E-state index in [0.717, 1.165) is 0 Å². The number of allylic oxidation sites excluding steroid dienone is 2. The zero-order chi connectivity index (χ0) is 11.7. The maximum Gasteiger partial charge on any atom is 0.250 e. The Hall–Kier alpha value is -2.17. The minimum absolute atomic E-state index is 0.114. The molecule has 0 amide bonds. The number of carbonyl (C=O) groups excluding carboxylic acids is 1. The van der Waals surface area contributed by atoms with E-state index in [0.29, 0.717) is 21.6 Å². The molecule has 2 rings (SSSR count). The summed E-state index contributed by atoms with van der Waals surface area (Å²) in [5.41, 5.74) is 1.59. The van der Waals surface area contributed by atoms with E-state index in [1.807, 2.05) is 6.07 Å². The van der Waals surface area contributed by atoms with Gasteiger partial charge in [0.05, 0.1) is 5.10 Å². The van der Waals surface area contributed by atoms with E-state index in [1.54, 1.807) is 25.1 Å². The average molecular weight is 217 g/mol. The predicted molar refractivity (Wildman–Crippen MR) is 59.3 cm³/mol. The summed E-state index contributed by atoms with van der Waals surface area (Å²) in [6.45, 7) is 3.10. The molecule has 0 fully saturated rings. The van der Waals surface area contributed by atoms with Crippen molar-refractivity contribution < 1.29 is 9.64 Å². The number of hydrogen-bond donors (Lipinski definition) is 0. The topological polar surface area (TPSA) is 61.8 Å². The number of fused-ring (bicyclic) bond motifs is 1. The number of aromatic nitrogens is 3. The Labute approximate surface area is 92.2 Å². The van der Waals surface area contributed by atoms with Gasteiger partial charge in [-0.3, -0.25) is 4.79 Å². The number of hydrogen-bond acceptors (Lipinski definition) is 3. The molecule has 82 valence electrons. The number of ketones is 1. The fraction of sp³-hybridized carbons (Fsp3) is 0.182. The lowest BCUT2D eigenvalue weighted by atomic mass is 10.3. The highest BCUT2D eigenvalue weighted by Crippen LogP contribution is 2.08. The molecule has 0 atom stereocenters. The maximum absolute atomic E-state index is 11.8. The Morgan fingerprint density at radius 3 is 2.75 bits per heavy atom. The van der Waals surface area contributed by atoms with Crippen LogP contribution in [0.1, 0.15) is 13.8 Å². The summed E-state index contributed by atoms with van der Waals surface area (Å²) in [4.78, 5) is 12.8. The van der Waals surface area contributed by atoms with Crippen molar-refractivity contribution in [2.24, 2.45) is 0 Å². The number of nitrogens with zero attached hydrogens (tertiary/aromatic N) is 3. The molecule has 1 aromatic carbocycles. The summed E-state index contributed by atoms with van der Waals surface area (Å²) in [5, 5.41) is 15.9. The highest BCUT2D eigenvalue weighted by atomic mass is 16.5. The van der Waals surface area contributed by atoms with Gasteiger partial charge in [0, 0.05) is 6.08 Å². The molecule has 16 heavy (non-hydrogen) atoms. The fourth-order valence-electron chi connectivity index (χ4n) is 1.53. The summed E-state index contributed by atoms with van der Waals surface area (Å²) in [6.07, 6.45) is 1.38. The van der Waals surface area contributed by atoms with Crippen molar-refractivity contribution in [3.63, 3.8) is 0 Å². The molecule has 0 saturated heterocycles. The highest BCUT2D eigenvalue weighted by Gasteiger charge is 2.14. The van der Waals surface area contributed by atoms with Crippen molar-refractivity contribution in [1.29, 1.82) is 0 Å². The third-order valence-electron chi connectivity index (χ3n) is 2.19. The van der Waals surface area contributed by atoms with Gasteiger partial charge in [-0.25, -0.2) is 0 Å². The first kappa shape index (κ1) is 10.4. The highest BCUT2D eigenvalue weighted by molar-refractivity contribution is 5.91. The van der Waals surface area contributed by atoms with Crippen LogP contribution in [-0.4, -0.2) is 15.7 Å². The smallest absolute Gasteiger partial charge is 0.250 e. The van der Waals surface area contributed by atoms with Crippen LogP contribution in [0, 0.1) is 5.21 Å². The molecule has 0 radical (unpaired) electrons. The zero-order valence-corrected chi connectivity index (χ0v) is 9.04. The molecule has 0 aliphatic carbocycles. The molecule has 0 spiro atoms. The predicted octanol–water partition coefficient (Wildman–Crippen LogP) is 1.12. The lowest BCUT2D eigenvalue weighted by molar-refractivity contribution is -0.663. The number of para-hydroxylation sites is 1. The van der Waals surface area contributed by atoms with E-state index >= 15 is 0 Å². The first-order valence-corrected chi connectivity index (χ1v) is 4.86. The molecule has 2 aromatic rings. The molecular formula is C11H11N3O2. The van der Waals surface area contributed by atoms with E-state index in [9.17, 15) is 10.0 Å². The van der Waals surface area contributed by atoms with Gasteiger partial charge >= 0.3 is 0 Å². The number of carbonyl (C=O) groups is 1. The van der Waals surface area contributed by atoms with Crippen LogP contribution in [0.4, 0.5) is 0 Å². The largest absolute Gasteiger partial charge is 0.692 e. The summed E-state index contributed by atoms with van der Waals surface area (Å²) in [6, 6.07) is 7.02. The normalized spacial score (nSPS) is 12.0. The zero-order valence-electron chi connectivity index (χ0n) is 9.04. The SMILES string of the molecule is CC(=O)/C=C(\C)n1nc2ccccc2[n+]1[O-]. The van der Waals surface area contributed by atoms with Gasteiger partial charge in [0.1, 0.15) is 5.70 Å². The van der Waals surface area contributed by atoms with Crippen molar-refractivity contribution in [1.82, 2.24) is 9.90 Å². The first-order valence-electron chi connectivity index (χ1n) is 4.86. The molecule has 0 saturated carbocycles. The molecule has 0 unspecified atom stereocenters. The molecule has 5 heteroatoms. The van der Waals surface area contributed by atoms with Crippen LogP contribution in [0.25, 0.3) is 16.7 Å². The number of rotatable bonds is 2. The van der Waals surface area contributed by atoms with Gasteiger partial charge in [-0.1, -0.05) is 12.1 Å². The second-order valence-electron chi connectivity index (χ2n) is 3.55. The van der Waals surface area contributed by atoms with Gasteiger partial charge in [-0.05, 0) is 30.8 Å². The Kier molecular flexibility index (Phi) is 2.44. The summed E-state index contributed by atoms with van der Waals surface area (Å²) in [5.74, 6) is -0.114. The van der Waals surface area contributed by atoms with Crippen LogP contribution in [0.3, 0.4) is 0 Å². The Morgan fingerprint density at radius 1 is 1.44 bits per heavy atom. The standard InChI is InChI=1S/C11H11N3O2/c1-8(7-9(2)15)13-12-10-5-3-4-6-11(10)14(13)16/h3-7H,1-2H3/b8-7+. The third-order valence-corrected chi connectivity index (χ3v) is 2.19. The van der Waals surface area contributed by atoms with E-state index in [1.165, 1.54) is 17.8 Å². The average Bonchev–Trinajstić information content (AvgIpc) is 2.56. The van der Waals surface area contributed by atoms with Crippen LogP contribution in [0.5, 0.6) is 0 Å². The molecule has 1 aromatic heterocycles. The van der Waals surface area contributed by atoms with Crippen LogP contribution >= 0.6 is 0 Å². The molecule has 5 nitrogen and oxygen atoms in total. The van der Waals surface area contributed by atoms with Crippen LogP contribution in [0.15, 0.2) is 30.3 Å². The summed E-state index contributed by atoms with van der Waals surface area (Å²) >= 11 is 0. The van der Waals surface area contributed by atoms with Crippen molar-refractivity contribution >= 4 is 22.5 Å². The number of benzene rings is 1. The van der Waals surface area contributed by atoms with Gasteiger partial charge in [-0.2, -0.15) is 0 Å². The van der Waals surface area contributed by atoms with Crippen molar-refractivity contribution in [3.05, 3.63) is 35.5 Å². The van der Waals surface area contributed by atoms with E-state index < -0.39 is 0 Å². The van der Waals surface area contributed by atoms with E-state index in [-0.39, 0.29) is 5.78 Å². The summed E-state index contributed by atoms with van der Waals surface area (Å²) < 4.78 is 0. The van der Waals surface area contributed by atoms with Gasteiger partial charge < -0.3 is 5.21 Å². The summed E-state index contributed by atoms with van der Waals surface area (Å²) in [7, 11) is 0. The first-order chi connectivity index (χ1) is 7.59. The Bertz CT molecular complexity index is 584. The molecular weight excluding hydrogens is 206 g/mol. The van der Waals surface area contributed by atoms with E-state index in [2.05, 4.69) is 5.10 Å². The van der Waals surface area contributed by atoms with Crippen molar-refractivity contribution in [2.45, 2.75) is 13.8 Å². The Morgan fingerprint density at radius 2 is 2.12 bits per heavy atom. The van der Waals surface area contributed by atoms with Crippen LogP contribution in [0.2, 0.25) is 0 Å². The molecule has 0 aliphatic heterocycles. The third kappa shape index (κ3) is 1.67. The monoisotopic (exact) mass is 217 g/mol. The molecule has 0 aliphatic rings. The minimum Gasteiger partial charge on any atom is -0.692 e. The van der Waals surface area contributed by atoms with Crippen molar-refractivity contribution in [3.8, 4) is 0 Å². The maximum atomic E-state index is 11.8. The fourth-order valence-corrected chi connectivity index (χ4v) is 1.53. The van der Waals surface area contributed by atoms with Gasteiger partial charge in [0.2, 0.25) is 11.0 Å². The lowest BCUT2D eigenvalue weighted by Crippen LogP contribution is -2.37. The van der Waals surface area contributed by atoms with Crippen molar-refractivity contribution in [2.75, 3.05) is 0 Å². The quantitative estimate of drug-likeness (QED) is 0.430. The van der Waals surface area contributed by atoms with Gasteiger partial charge in [0.15, 0.2) is 5.78 Å². The molecule has 0 N–H and O–H groups in total. The van der Waals surface area contributed by atoms with Crippen LogP contribution < -0.4 is 4.85 Å². The second kappa shape index (κ2) is 3.77. The lowest BCUT2D eigenvalue weighted by Gasteiger charge is -2.02. The van der Waals surface area contributed by atoms with Gasteiger partial charge in [-0.15, -0.1) is 4.85 Å². The van der Waals surface area contributed by atoms with Gasteiger partial charge in [0.25, 0.3) is 0 Å². The van der Waals surface area contributed by atoms with E-state index in [4.69, 9.17) is 0 Å². The second-order valence-corrected chi connectivity index (χ2v) is 3.55. The van der Waals surface area contributed by atoms with Crippen LogP contribution in [-0.2, 0) is 4.79 Å². The molecule has 1 heterocycles. The molecule has 0 bridgehead atoms. The Balaban J connectivity index is 2.62. The minimum atomic E-state index is -0.114.